The van der Waals surface area contributed by atoms with Gasteiger partial charge in [-0.25, -0.2) is 4.98 Å². The first-order chi connectivity index (χ1) is 15.1. The number of aromatic nitrogens is 1. The number of pyridine rings is 1. The van der Waals surface area contributed by atoms with Crippen molar-refractivity contribution in [2.75, 3.05) is 10.6 Å². The van der Waals surface area contributed by atoms with Crippen LogP contribution >= 0.6 is 0 Å². The standard InChI is InChI=1S/C26H26N4O/c1-2-21(27)9-3-4-13-28-25-17-19(12-14-29-25)18-7-5-10-22(15-18)30-26(31)23-11-6-8-20-16-24(20)23/h2-15,17,20,24H,16,27H2,1H3,(H,28,29)(H,30,31)/b9-3-,13-4+,21-2+/t20-,24+/m0/s1. The quantitative estimate of drug-likeness (QED) is 0.551. The van der Waals surface area contributed by atoms with Crippen molar-refractivity contribution >= 4 is 17.4 Å². The fourth-order valence-electron chi connectivity index (χ4n) is 3.58. The van der Waals surface area contributed by atoms with E-state index in [1.165, 1.54) is 0 Å². The summed E-state index contributed by atoms with van der Waals surface area (Å²) in [5.74, 6) is 1.65. The zero-order valence-electron chi connectivity index (χ0n) is 17.5. The monoisotopic (exact) mass is 410 g/mol. The first kappa shape index (κ1) is 20.4. The molecule has 0 spiro atoms. The highest BCUT2D eigenvalue weighted by Gasteiger charge is 2.41. The zero-order valence-corrected chi connectivity index (χ0v) is 17.5. The maximum atomic E-state index is 12.7. The predicted molar refractivity (Wildman–Crippen MR) is 127 cm³/mol. The summed E-state index contributed by atoms with van der Waals surface area (Å²) in [5, 5.41) is 6.21. The van der Waals surface area contributed by atoms with E-state index in [0.717, 1.165) is 34.6 Å². The van der Waals surface area contributed by atoms with Crippen LogP contribution in [-0.4, -0.2) is 10.9 Å². The second-order valence-electron chi connectivity index (χ2n) is 7.63. The molecule has 5 heteroatoms. The van der Waals surface area contributed by atoms with Crippen molar-refractivity contribution in [3.8, 4) is 11.1 Å². The summed E-state index contributed by atoms with van der Waals surface area (Å²) in [4.78, 5) is 17.0. The Hall–Kier alpha value is -3.86. The van der Waals surface area contributed by atoms with Crippen molar-refractivity contribution in [1.29, 1.82) is 0 Å². The molecule has 0 radical (unpaired) electrons. The smallest absolute Gasteiger partial charge is 0.251 e. The number of carbonyl (C=O) groups excluding carboxylic acids is 1. The number of benzene rings is 1. The summed E-state index contributed by atoms with van der Waals surface area (Å²) in [7, 11) is 0. The Morgan fingerprint density at radius 1 is 1.19 bits per heavy atom. The van der Waals surface area contributed by atoms with Gasteiger partial charge in [0.05, 0.1) is 0 Å². The lowest BCUT2D eigenvalue weighted by atomic mass is 10.0. The minimum atomic E-state index is -0.0113. The first-order valence-corrected chi connectivity index (χ1v) is 10.4. The van der Waals surface area contributed by atoms with Crippen LogP contribution in [0, 0.1) is 11.8 Å². The van der Waals surface area contributed by atoms with Gasteiger partial charge < -0.3 is 16.4 Å². The number of amides is 1. The minimum Gasteiger partial charge on any atom is -0.399 e. The van der Waals surface area contributed by atoms with Gasteiger partial charge in [0, 0.05) is 29.4 Å². The van der Waals surface area contributed by atoms with Crippen molar-refractivity contribution < 1.29 is 4.79 Å². The number of allylic oxidation sites excluding steroid dienone is 7. The maximum Gasteiger partial charge on any atom is 0.251 e. The summed E-state index contributed by atoms with van der Waals surface area (Å²) in [6, 6.07) is 11.8. The fraction of sp³-hybridized carbons (Fsp3) is 0.154. The molecular formula is C26H26N4O. The van der Waals surface area contributed by atoms with Gasteiger partial charge in [-0.05, 0) is 72.7 Å². The molecule has 0 unspecified atom stereocenters. The summed E-state index contributed by atoms with van der Waals surface area (Å²) >= 11 is 0. The summed E-state index contributed by atoms with van der Waals surface area (Å²) in [5.41, 5.74) is 10.1. The number of nitrogens with two attached hydrogens (primary N) is 1. The number of carbonyl (C=O) groups is 1. The molecule has 31 heavy (non-hydrogen) atoms. The molecule has 1 aromatic carbocycles. The Morgan fingerprint density at radius 2 is 2.06 bits per heavy atom. The maximum absolute atomic E-state index is 12.7. The van der Waals surface area contributed by atoms with E-state index in [0.29, 0.717) is 17.5 Å². The van der Waals surface area contributed by atoms with E-state index < -0.39 is 0 Å². The molecule has 0 saturated heterocycles. The van der Waals surface area contributed by atoms with Crippen molar-refractivity contribution in [1.82, 2.24) is 4.98 Å². The molecule has 2 aromatic rings. The van der Waals surface area contributed by atoms with Gasteiger partial charge >= 0.3 is 0 Å². The topological polar surface area (TPSA) is 80.0 Å². The number of anilines is 2. The van der Waals surface area contributed by atoms with Gasteiger partial charge in [-0.1, -0.05) is 42.5 Å². The van der Waals surface area contributed by atoms with Gasteiger partial charge in [-0.3, -0.25) is 4.79 Å². The zero-order chi connectivity index (χ0) is 21.6. The van der Waals surface area contributed by atoms with E-state index in [9.17, 15) is 4.79 Å². The van der Waals surface area contributed by atoms with E-state index in [-0.39, 0.29) is 5.91 Å². The second-order valence-corrected chi connectivity index (χ2v) is 7.63. The Balaban J connectivity index is 1.43. The number of nitrogens with zero attached hydrogens (tertiary/aromatic N) is 1. The van der Waals surface area contributed by atoms with Gasteiger partial charge in [0.25, 0.3) is 5.91 Å². The molecule has 0 aliphatic heterocycles. The lowest BCUT2D eigenvalue weighted by molar-refractivity contribution is -0.113. The van der Waals surface area contributed by atoms with E-state index in [1.54, 1.807) is 12.4 Å². The molecule has 156 valence electrons. The van der Waals surface area contributed by atoms with Crippen LogP contribution in [0.1, 0.15) is 13.3 Å². The van der Waals surface area contributed by atoms with Crippen LogP contribution in [0.15, 0.2) is 103 Å². The van der Waals surface area contributed by atoms with Crippen LogP contribution in [0.4, 0.5) is 11.5 Å². The molecule has 4 N–H and O–H groups in total. The van der Waals surface area contributed by atoms with E-state index >= 15 is 0 Å². The molecular weight excluding hydrogens is 384 g/mol. The molecule has 0 bridgehead atoms. The first-order valence-electron chi connectivity index (χ1n) is 10.4. The number of rotatable bonds is 7. The SMILES string of the molecule is C\C=C(N)/C=C\C=C\Nc1cc(-c2cccc(NC(=O)C3=CC=C[C@H]4C[C@@H]34)c2)ccn1. The third-order valence-electron chi connectivity index (χ3n) is 5.41. The Kier molecular flexibility index (Phi) is 6.13. The highest BCUT2D eigenvalue weighted by molar-refractivity contribution is 6.05. The Labute approximate surface area is 182 Å². The van der Waals surface area contributed by atoms with Crippen molar-refractivity contribution in [2.24, 2.45) is 17.6 Å². The molecule has 4 rings (SSSR count). The van der Waals surface area contributed by atoms with E-state index in [2.05, 4.69) is 21.7 Å². The van der Waals surface area contributed by atoms with Crippen LogP contribution in [0.25, 0.3) is 11.1 Å². The molecule has 1 saturated carbocycles. The summed E-state index contributed by atoms with van der Waals surface area (Å²) in [6.07, 6.45) is 18.1. The van der Waals surface area contributed by atoms with Gasteiger partial charge in [-0.2, -0.15) is 0 Å². The van der Waals surface area contributed by atoms with Crippen molar-refractivity contribution in [3.63, 3.8) is 0 Å². The normalized spacial score (nSPS) is 19.9. The molecule has 5 nitrogen and oxygen atoms in total. The van der Waals surface area contributed by atoms with Crippen LogP contribution in [0.3, 0.4) is 0 Å². The lowest BCUT2D eigenvalue weighted by Gasteiger charge is -2.11. The van der Waals surface area contributed by atoms with E-state index in [4.69, 9.17) is 5.73 Å². The summed E-state index contributed by atoms with van der Waals surface area (Å²) < 4.78 is 0. The third kappa shape index (κ3) is 5.20. The van der Waals surface area contributed by atoms with Crippen LogP contribution in [0.5, 0.6) is 0 Å². The summed E-state index contributed by atoms with van der Waals surface area (Å²) in [6.45, 7) is 1.89. The highest BCUT2D eigenvalue weighted by Crippen LogP contribution is 2.47. The molecule has 2 aliphatic rings. The molecule has 2 aliphatic carbocycles. The van der Waals surface area contributed by atoms with E-state index in [1.807, 2.05) is 79.8 Å². The second kappa shape index (κ2) is 9.30. The number of nitrogens with one attached hydrogen (secondary N) is 2. The molecule has 1 amide bonds. The number of hydrogen-bond acceptors (Lipinski definition) is 4. The average molecular weight is 411 g/mol. The predicted octanol–water partition coefficient (Wildman–Crippen LogP) is 5.16. The molecule has 1 aromatic heterocycles. The molecule has 1 heterocycles. The van der Waals surface area contributed by atoms with Gasteiger partial charge in [0.2, 0.25) is 0 Å². The molecule has 1 fully saturated rings. The van der Waals surface area contributed by atoms with Crippen LogP contribution in [0.2, 0.25) is 0 Å². The fourth-order valence-corrected chi connectivity index (χ4v) is 3.58. The molecule has 2 atom stereocenters. The van der Waals surface area contributed by atoms with Crippen LogP contribution in [-0.2, 0) is 4.79 Å². The van der Waals surface area contributed by atoms with Crippen molar-refractivity contribution in [2.45, 2.75) is 13.3 Å². The minimum absolute atomic E-state index is 0.0113. The van der Waals surface area contributed by atoms with Gasteiger partial charge in [0.1, 0.15) is 5.82 Å². The van der Waals surface area contributed by atoms with Crippen molar-refractivity contribution in [3.05, 3.63) is 103 Å². The number of fused-ring (bicyclic) bond motifs is 1. The third-order valence-corrected chi connectivity index (χ3v) is 5.41. The Bertz CT molecular complexity index is 1120. The average Bonchev–Trinajstić information content (AvgIpc) is 3.59. The lowest BCUT2D eigenvalue weighted by Crippen LogP contribution is -2.16. The Morgan fingerprint density at radius 3 is 2.94 bits per heavy atom. The van der Waals surface area contributed by atoms with Gasteiger partial charge in [-0.15, -0.1) is 0 Å². The largest absolute Gasteiger partial charge is 0.399 e. The number of hydrogen-bond donors (Lipinski definition) is 3. The van der Waals surface area contributed by atoms with Gasteiger partial charge in [0.15, 0.2) is 0 Å². The van der Waals surface area contributed by atoms with Crippen LogP contribution < -0.4 is 16.4 Å². The highest BCUT2D eigenvalue weighted by atomic mass is 16.1.